The number of hydrogen-bond acceptors (Lipinski definition) is 5. The highest BCUT2D eigenvalue weighted by atomic mass is 35.5. The molecule has 1 aromatic carbocycles. The Bertz CT molecular complexity index is 839. The number of benzene rings is 1. The van der Waals surface area contributed by atoms with Gasteiger partial charge in [0.25, 0.3) is 0 Å². The lowest BCUT2D eigenvalue weighted by molar-refractivity contribution is 0.378. The molecule has 0 unspecified atom stereocenters. The van der Waals surface area contributed by atoms with Crippen molar-refractivity contribution in [3.8, 4) is 0 Å². The SMILES string of the molecule is Cc1noc(C)c1S(=O)(=O)N1CCN(c2ccc(Cl)c(Cl)c2)CC1. The summed E-state index contributed by atoms with van der Waals surface area (Å²) in [7, 11) is -3.60. The summed E-state index contributed by atoms with van der Waals surface area (Å²) in [5.74, 6) is 0.319. The van der Waals surface area contributed by atoms with Crippen molar-refractivity contribution >= 4 is 38.9 Å². The van der Waals surface area contributed by atoms with Gasteiger partial charge in [-0.2, -0.15) is 4.31 Å². The lowest BCUT2D eigenvalue weighted by atomic mass is 10.2. The molecule has 24 heavy (non-hydrogen) atoms. The number of nitrogens with zero attached hydrogens (tertiary/aromatic N) is 3. The van der Waals surface area contributed by atoms with Crippen LogP contribution in [-0.4, -0.2) is 44.1 Å². The van der Waals surface area contributed by atoms with E-state index in [2.05, 4.69) is 10.1 Å². The molecule has 0 N–H and O–H groups in total. The lowest BCUT2D eigenvalue weighted by Crippen LogP contribution is -2.48. The second-order valence-electron chi connectivity index (χ2n) is 5.64. The van der Waals surface area contributed by atoms with Gasteiger partial charge < -0.3 is 9.42 Å². The highest BCUT2D eigenvalue weighted by Gasteiger charge is 2.33. The number of sulfonamides is 1. The zero-order valence-corrected chi connectivity index (χ0v) is 15.6. The van der Waals surface area contributed by atoms with E-state index in [-0.39, 0.29) is 4.90 Å². The molecule has 0 bridgehead atoms. The van der Waals surface area contributed by atoms with Crippen LogP contribution >= 0.6 is 23.2 Å². The number of piperazine rings is 1. The van der Waals surface area contributed by atoms with Gasteiger partial charge in [-0.25, -0.2) is 8.42 Å². The minimum absolute atomic E-state index is 0.172. The summed E-state index contributed by atoms with van der Waals surface area (Å²) in [5.41, 5.74) is 1.32. The Hall–Kier alpha value is -1.28. The van der Waals surface area contributed by atoms with Crippen molar-refractivity contribution in [3.63, 3.8) is 0 Å². The van der Waals surface area contributed by atoms with Crippen LogP contribution in [0.25, 0.3) is 0 Å². The first kappa shape index (κ1) is 17.5. The number of halogens is 2. The fourth-order valence-corrected chi connectivity index (χ4v) is 4.85. The van der Waals surface area contributed by atoms with Gasteiger partial charge in [-0.3, -0.25) is 0 Å². The molecular formula is C15H17Cl2N3O3S. The average molecular weight is 390 g/mol. The van der Waals surface area contributed by atoms with Gasteiger partial charge >= 0.3 is 0 Å². The average Bonchev–Trinajstić information content (AvgIpc) is 2.89. The Labute approximate surface area is 151 Å². The number of aryl methyl sites for hydroxylation is 2. The molecule has 0 radical (unpaired) electrons. The molecule has 1 aromatic heterocycles. The second-order valence-corrected chi connectivity index (χ2v) is 8.33. The second kappa shape index (κ2) is 6.55. The highest BCUT2D eigenvalue weighted by Crippen LogP contribution is 2.29. The van der Waals surface area contributed by atoms with E-state index in [9.17, 15) is 8.42 Å². The zero-order chi connectivity index (χ0) is 17.5. The molecule has 0 aliphatic carbocycles. The highest BCUT2D eigenvalue weighted by molar-refractivity contribution is 7.89. The largest absolute Gasteiger partial charge is 0.369 e. The maximum Gasteiger partial charge on any atom is 0.248 e. The van der Waals surface area contributed by atoms with Crippen LogP contribution < -0.4 is 4.90 Å². The summed E-state index contributed by atoms with van der Waals surface area (Å²) < 4.78 is 32.1. The van der Waals surface area contributed by atoms with E-state index in [0.29, 0.717) is 47.7 Å². The van der Waals surface area contributed by atoms with Crippen molar-refractivity contribution in [1.82, 2.24) is 9.46 Å². The van der Waals surface area contributed by atoms with Crippen molar-refractivity contribution in [3.05, 3.63) is 39.7 Å². The molecule has 9 heteroatoms. The molecule has 0 amide bonds. The lowest BCUT2D eigenvalue weighted by Gasteiger charge is -2.35. The summed E-state index contributed by atoms with van der Waals surface area (Å²) in [6, 6.07) is 5.42. The molecule has 1 fully saturated rings. The van der Waals surface area contributed by atoms with Gasteiger partial charge in [0.1, 0.15) is 10.6 Å². The molecule has 0 atom stereocenters. The quantitative estimate of drug-likeness (QED) is 0.806. The third kappa shape index (κ3) is 3.13. The van der Waals surface area contributed by atoms with Crippen LogP contribution in [0.15, 0.2) is 27.6 Å². The van der Waals surface area contributed by atoms with E-state index >= 15 is 0 Å². The summed E-state index contributed by atoms with van der Waals surface area (Å²) in [6.45, 7) is 5.15. The Morgan fingerprint density at radius 3 is 2.29 bits per heavy atom. The van der Waals surface area contributed by atoms with Crippen LogP contribution in [0.3, 0.4) is 0 Å². The first-order valence-electron chi connectivity index (χ1n) is 7.43. The first-order chi connectivity index (χ1) is 11.3. The Balaban J connectivity index is 1.76. The minimum Gasteiger partial charge on any atom is -0.369 e. The molecule has 3 rings (SSSR count). The molecule has 2 heterocycles. The van der Waals surface area contributed by atoms with Gasteiger partial charge in [0.05, 0.1) is 10.0 Å². The van der Waals surface area contributed by atoms with Crippen LogP contribution in [0.2, 0.25) is 10.0 Å². The third-order valence-electron chi connectivity index (χ3n) is 4.07. The van der Waals surface area contributed by atoms with E-state index in [1.807, 2.05) is 6.07 Å². The summed E-state index contributed by atoms with van der Waals surface area (Å²) in [5, 5.41) is 4.73. The monoisotopic (exact) mass is 389 g/mol. The van der Waals surface area contributed by atoms with Crippen LogP contribution in [0.5, 0.6) is 0 Å². The molecule has 0 spiro atoms. The first-order valence-corrected chi connectivity index (χ1v) is 9.63. The predicted octanol–water partition coefficient (Wildman–Crippen LogP) is 3.11. The fraction of sp³-hybridized carbons (Fsp3) is 0.400. The zero-order valence-electron chi connectivity index (χ0n) is 13.3. The predicted molar refractivity (Wildman–Crippen MR) is 93.4 cm³/mol. The van der Waals surface area contributed by atoms with Crippen LogP contribution in [0, 0.1) is 13.8 Å². The summed E-state index contributed by atoms with van der Waals surface area (Å²) >= 11 is 12.0. The van der Waals surface area contributed by atoms with Crippen molar-refractivity contribution < 1.29 is 12.9 Å². The molecule has 6 nitrogen and oxygen atoms in total. The van der Waals surface area contributed by atoms with Gasteiger partial charge in [-0.15, -0.1) is 0 Å². The van der Waals surface area contributed by atoms with Gasteiger partial charge in [0.2, 0.25) is 10.0 Å². The van der Waals surface area contributed by atoms with E-state index < -0.39 is 10.0 Å². The van der Waals surface area contributed by atoms with E-state index in [1.165, 1.54) is 4.31 Å². The number of rotatable bonds is 3. The van der Waals surface area contributed by atoms with Gasteiger partial charge in [0.15, 0.2) is 5.76 Å². The molecule has 2 aromatic rings. The van der Waals surface area contributed by atoms with Gasteiger partial charge in [0, 0.05) is 31.9 Å². The fourth-order valence-electron chi connectivity index (χ4n) is 2.84. The molecule has 1 saturated heterocycles. The minimum atomic E-state index is -3.60. The van der Waals surface area contributed by atoms with Gasteiger partial charge in [-0.1, -0.05) is 28.4 Å². The van der Waals surface area contributed by atoms with E-state index in [4.69, 9.17) is 27.7 Å². The van der Waals surface area contributed by atoms with Crippen LogP contribution in [-0.2, 0) is 10.0 Å². The topological polar surface area (TPSA) is 66.7 Å². The number of hydrogen-bond donors (Lipinski definition) is 0. The van der Waals surface area contributed by atoms with Crippen molar-refractivity contribution in [2.24, 2.45) is 0 Å². The Kier molecular flexibility index (Phi) is 4.79. The molecule has 0 saturated carbocycles. The van der Waals surface area contributed by atoms with Crippen LogP contribution in [0.4, 0.5) is 5.69 Å². The van der Waals surface area contributed by atoms with E-state index in [1.54, 1.807) is 26.0 Å². The Morgan fingerprint density at radius 1 is 1.08 bits per heavy atom. The normalized spacial score (nSPS) is 16.6. The third-order valence-corrected chi connectivity index (χ3v) is 6.96. The van der Waals surface area contributed by atoms with Crippen molar-refractivity contribution in [2.45, 2.75) is 18.7 Å². The maximum atomic E-state index is 12.8. The molecular weight excluding hydrogens is 373 g/mol. The van der Waals surface area contributed by atoms with Crippen LogP contribution in [0.1, 0.15) is 11.5 Å². The smallest absolute Gasteiger partial charge is 0.248 e. The maximum absolute atomic E-state index is 12.8. The van der Waals surface area contributed by atoms with E-state index in [0.717, 1.165) is 5.69 Å². The Morgan fingerprint density at radius 2 is 1.75 bits per heavy atom. The molecule has 1 aliphatic heterocycles. The molecule has 1 aliphatic rings. The summed E-state index contributed by atoms with van der Waals surface area (Å²) in [4.78, 5) is 2.26. The standard InChI is InChI=1S/C15H17Cl2N3O3S/c1-10-15(11(2)23-18-10)24(21,22)20-7-5-19(6-8-20)12-3-4-13(16)14(17)9-12/h3-4,9H,5-8H2,1-2H3. The van der Waals surface area contributed by atoms with Gasteiger partial charge in [-0.05, 0) is 32.0 Å². The van der Waals surface area contributed by atoms with Crippen molar-refractivity contribution in [2.75, 3.05) is 31.1 Å². The van der Waals surface area contributed by atoms with Crippen molar-refractivity contribution in [1.29, 1.82) is 0 Å². The summed E-state index contributed by atoms with van der Waals surface area (Å²) in [6.07, 6.45) is 0. The number of anilines is 1. The number of aromatic nitrogens is 1. The molecule has 130 valence electrons.